The summed E-state index contributed by atoms with van der Waals surface area (Å²) in [6.45, 7) is 7.52. The quantitative estimate of drug-likeness (QED) is 0.406. The highest BCUT2D eigenvalue weighted by Gasteiger charge is 2.32. The first-order valence-corrected chi connectivity index (χ1v) is 13.1. The van der Waals surface area contributed by atoms with E-state index in [0.29, 0.717) is 11.9 Å². The summed E-state index contributed by atoms with van der Waals surface area (Å²) in [5.41, 5.74) is 4.88. The molecule has 190 valence electrons. The van der Waals surface area contributed by atoms with Crippen molar-refractivity contribution in [1.82, 2.24) is 34.7 Å². The van der Waals surface area contributed by atoms with Crippen LogP contribution in [0.2, 0.25) is 0 Å². The highest BCUT2D eigenvalue weighted by atomic mass is 16.2. The fourth-order valence-corrected chi connectivity index (χ4v) is 5.20. The average molecular weight is 497 g/mol. The largest absolute Gasteiger partial charge is 0.340 e. The second-order valence-corrected chi connectivity index (χ2v) is 10.1. The fourth-order valence-electron chi connectivity index (χ4n) is 5.20. The van der Waals surface area contributed by atoms with Gasteiger partial charge in [-0.2, -0.15) is 0 Å². The van der Waals surface area contributed by atoms with Crippen LogP contribution in [-0.4, -0.2) is 66.8 Å². The maximum Gasteiger partial charge on any atom is 0.225 e. The van der Waals surface area contributed by atoms with E-state index in [1.807, 2.05) is 31.3 Å². The molecular formula is C28H32N8O. The minimum absolute atomic E-state index is 0.235. The van der Waals surface area contributed by atoms with Gasteiger partial charge >= 0.3 is 0 Å². The molecule has 1 aliphatic heterocycles. The second-order valence-electron chi connectivity index (χ2n) is 10.1. The summed E-state index contributed by atoms with van der Waals surface area (Å²) in [5.74, 6) is 2.77. The SMILES string of the molecule is Cc1nccc(-c2ccc3nc(Nc4cc([C@@H](C)N5CCN(C(=O)C6CCC6)CC5)ccn4)[nH]c3c2)n1. The number of imidazole rings is 1. The van der Waals surface area contributed by atoms with Gasteiger partial charge in [0.25, 0.3) is 0 Å². The molecule has 2 N–H and O–H groups in total. The zero-order chi connectivity index (χ0) is 25.4. The Bertz CT molecular complexity index is 1420. The van der Waals surface area contributed by atoms with Crippen molar-refractivity contribution in [2.24, 2.45) is 5.92 Å². The van der Waals surface area contributed by atoms with E-state index in [9.17, 15) is 4.79 Å². The van der Waals surface area contributed by atoms with Gasteiger partial charge in [-0.1, -0.05) is 12.5 Å². The van der Waals surface area contributed by atoms with E-state index in [0.717, 1.165) is 73.0 Å². The van der Waals surface area contributed by atoms with E-state index in [2.05, 4.69) is 65.2 Å². The van der Waals surface area contributed by atoms with E-state index in [-0.39, 0.29) is 12.0 Å². The molecule has 37 heavy (non-hydrogen) atoms. The molecule has 0 bridgehead atoms. The van der Waals surface area contributed by atoms with Gasteiger partial charge < -0.3 is 15.2 Å². The van der Waals surface area contributed by atoms with Gasteiger partial charge in [-0.3, -0.25) is 9.69 Å². The third-order valence-electron chi connectivity index (χ3n) is 7.69. The number of hydrogen-bond donors (Lipinski definition) is 2. The molecule has 2 aliphatic rings. The number of hydrogen-bond acceptors (Lipinski definition) is 7. The van der Waals surface area contributed by atoms with Gasteiger partial charge in [0, 0.05) is 56.1 Å². The molecule has 1 saturated heterocycles. The Morgan fingerprint density at radius 1 is 1.03 bits per heavy atom. The Hall–Kier alpha value is -3.85. The molecule has 2 fully saturated rings. The van der Waals surface area contributed by atoms with Gasteiger partial charge in [0.15, 0.2) is 0 Å². The van der Waals surface area contributed by atoms with E-state index >= 15 is 0 Å². The van der Waals surface area contributed by atoms with Gasteiger partial charge in [-0.05, 0) is 62.6 Å². The van der Waals surface area contributed by atoms with Crippen molar-refractivity contribution < 1.29 is 4.79 Å². The van der Waals surface area contributed by atoms with Crippen LogP contribution in [0.25, 0.3) is 22.3 Å². The van der Waals surface area contributed by atoms with Crippen LogP contribution < -0.4 is 5.32 Å². The number of benzene rings is 1. The lowest BCUT2D eigenvalue weighted by Crippen LogP contribution is -2.51. The number of aryl methyl sites for hydroxylation is 1. The fraction of sp³-hybridized carbons (Fsp3) is 0.393. The number of rotatable bonds is 6. The van der Waals surface area contributed by atoms with Gasteiger partial charge in [0.1, 0.15) is 11.6 Å². The number of fused-ring (bicyclic) bond motifs is 1. The molecule has 1 atom stereocenters. The number of pyridine rings is 1. The predicted molar refractivity (Wildman–Crippen MR) is 143 cm³/mol. The number of nitrogens with zero attached hydrogens (tertiary/aromatic N) is 6. The average Bonchev–Trinajstić information content (AvgIpc) is 3.29. The van der Waals surface area contributed by atoms with Crippen molar-refractivity contribution in [3.05, 3.63) is 60.2 Å². The maximum absolute atomic E-state index is 12.6. The summed E-state index contributed by atoms with van der Waals surface area (Å²) in [5, 5.41) is 3.33. The molecule has 9 heteroatoms. The lowest BCUT2D eigenvalue weighted by Gasteiger charge is -2.40. The number of H-pyrrole nitrogens is 1. The van der Waals surface area contributed by atoms with E-state index < -0.39 is 0 Å². The Morgan fingerprint density at radius 2 is 1.84 bits per heavy atom. The van der Waals surface area contributed by atoms with Gasteiger partial charge in [-0.15, -0.1) is 0 Å². The smallest absolute Gasteiger partial charge is 0.225 e. The second kappa shape index (κ2) is 9.89. The minimum Gasteiger partial charge on any atom is -0.340 e. The number of piperazine rings is 1. The first kappa shape index (κ1) is 23.5. The Kier molecular flexibility index (Phi) is 6.30. The van der Waals surface area contributed by atoms with Crippen LogP contribution in [0.5, 0.6) is 0 Å². The van der Waals surface area contributed by atoms with Crippen LogP contribution in [0, 0.1) is 12.8 Å². The van der Waals surface area contributed by atoms with E-state index in [4.69, 9.17) is 0 Å². The van der Waals surface area contributed by atoms with Gasteiger partial charge in [0.05, 0.1) is 16.7 Å². The van der Waals surface area contributed by atoms with Crippen molar-refractivity contribution in [2.75, 3.05) is 31.5 Å². The molecule has 1 amide bonds. The normalized spacial score (nSPS) is 17.5. The van der Waals surface area contributed by atoms with Crippen LogP contribution in [0.4, 0.5) is 11.8 Å². The van der Waals surface area contributed by atoms with E-state index in [1.165, 1.54) is 12.0 Å². The lowest BCUT2D eigenvalue weighted by atomic mass is 9.84. The number of amides is 1. The number of carbonyl (C=O) groups excluding carboxylic acids is 1. The molecule has 1 aromatic carbocycles. The van der Waals surface area contributed by atoms with Crippen molar-refractivity contribution in [1.29, 1.82) is 0 Å². The number of aromatic nitrogens is 5. The van der Waals surface area contributed by atoms with Crippen LogP contribution >= 0.6 is 0 Å². The van der Waals surface area contributed by atoms with Crippen molar-refractivity contribution >= 4 is 28.7 Å². The van der Waals surface area contributed by atoms with E-state index in [1.54, 1.807) is 6.20 Å². The molecular weight excluding hydrogens is 464 g/mol. The molecule has 1 aliphatic carbocycles. The first-order valence-electron chi connectivity index (χ1n) is 13.1. The molecule has 1 saturated carbocycles. The summed E-state index contributed by atoms with van der Waals surface area (Å²) in [6, 6.07) is 12.4. The number of carbonyl (C=O) groups is 1. The maximum atomic E-state index is 12.6. The Labute approximate surface area is 216 Å². The summed E-state index contributed by atoms with van der Waals surface area (Å²) < 4.78 is 0. The Balaban J connectivity index is 1.12. The predicted octanol–water partition coefficient (Wildman–Crippen LogP) is 4.47. The van der Waals surface area contributed by atoms with Gasteiger partial charge in [-0.25, -0.2) is 19.9 Å². The molecule has 3 aromatic heterocycles. The summed E-state index contributed by atoms with van der Waals surface area (Å²) in [4.78, 5) is 38.4. The molecule has 6 rings (SSSR count). The minimum atomic E-state index is 0.235. The zero-order valence-corrected chi connectivity index (χ0v) is 21.3. The highest BCUT2D eigenvalue weighted by Crippen LogP contribution is 2.30. The number of anilines is 2. The molecule has 0 radical (unpaired) electrons. The molecule has 4 aromatic rings. The lowest BCUT2D eigenvalue weighted by molar-refractivity contribution is -0.140. The van der Waals surface area contributed by atoms with Crippen LogP contribution in [0.1, 0.15) is 43.6 Å². The van der Waals surface area contributed by atoms with Crippen LogP contribution in [-0.2, 0) is 4.79 Å². The van der Waals surface area contributed by atoms with Crippen LogP contribution in [0.15, 0.2) is 48.8 Å². The number of nitrogens with one attached hydrogen (secondary N) is 2. The van der Waals surface area contributed by atoms with Crippen molar-refractivity contribution in [2.45, 2.75) is 39.2 Å². The van der Waals surface area contributed by atoms with Crippen LogP contribution in [0.3, 0.4) is 0 Å². The highest BCUT2D eigenvalue weighted by molar-refractivity contribution is 5.83. The van der Waals surface area contributed by atoms with Gasteiger partial charge in [0.2, 0.25) is 11.9 Å². The molecule has 4 heterocycles. The monoisotopic (exact) mass is 496 g/mol. The van der Waals surface area contributed by atoms with Crippen molar-refractivity contribution in [3.8, 4) is 11.3 Å². The summed E-state index contributed by atoms with van der Waals surface area (Å²) >= 11 is 0. The third-order valence-corrected chi connectivity index (χ3v) is 7.69. The number of aromatic amines is 1. The summed E-state index contributed by atoms with van der Waals surface area (Å²) in [6.07, 6.45) is 6.94. The summed E-state index contributed by atoms with van der Waals surface area (Å²) in [7, 11) is 0. The molecule has 0 spiro atoms. The molecule has 9 nitrogen and oxygen atoms in total. The Morgan fingerprint density at radius 3 is 2.59 bits per heavy atom. The molecule has 0 unspecified atom stereocenters. The first-order chi connectivity index (χ1) is 18.0. The standard InChI is InChI=1S/C28H32N8O/c1-18(35-12-14-36(15-13-35)27(37)20-4-3-5-20)21-8-10-30-26(17-21)34-28-32-24-7-6-22(16-25(24)33-28)23-9-11-29-19(2)31-23/h6-11,16-18,20H,3-5,12-15H2,1-2H3,(H2,30,32,33,34)/t18-/m1/s1. The topological polar surface area (TPSA) is 103 Å². The zero-order valence-electron chi connectivity index (χ0n) is 21.3. The third kappa shape index (κ3) is 4.91. The van der Waals surface area contributed by atoms with Crippen molar-refractivity contribution in [3.63, 3.8) is 0 Å².